The Kier molecular flexibility index (Phi) is 3.78. The van der Waals surface area contributed by atoms with Crippen molar-refractivity contribution in [2.75, 3.05) is 0 Å². The standard InChI is InChI=1S/C12H9Cl2F3N2/c1-2-10-7(5-18-19-10)11-8(13)3-6(4-9(11)14)12(15,16)17/h3-5H,2H2,1H3,(H,18,19). The van der Waals surface area contributed by atoms with E-state index in [9.17, 15) is 13.2 Å². The first-order valence-electron chi connectivity index (χ1n) is 5.43. The lowest BCUT2D eigenvalue weighted by molar-refractivity contribution is -0.137. The van der Waals surface area contributed by atoms with Crippen LogP contribution in [-0.2, 0) is 12.6 Å². The molecule has 1 heterocycles. The summed E-state index contributed by atoms with van der Waals surface area (Å²) in [5, 5.41) is 6.57. The third-order valence-electron chi connectivity index (χ3n) is 2.69. The van der Waals surface area contributed by atoms with E-state index < -0.39 is 11.7 Å². The fourth-order valence-electron chi connectivity index (χ4n) is 1.80. The second-order valence-electron chi connectivity index (χ2n) is 3.91. The van der Waals surface area contributed by atoms with Crippen molar-refractivity contribution in [1.29, 1.82) is 0 Å². The van der Waals surface area contributed by atoms with Gasteiger partial charge in [-0.15, -0.1) is 0 Å². The predicted octanol–water partition coefficient (Wildman–Crippen LogP) is 4.96. The van der Waals surface area contributed by atoms with Crippen LogP contribution in [-0.4, -0.2) is 10.2 Å². The lowest BCUT2D eigenvalue weighted by atomic mass is 10.0. The molecule has 1 aromatic heterocycles. The Hall–Kier alpha value is -1.20. The van der Waals surface area contributed by atoms with Gasteiger partial charge in [-0.05, 0) is 18.6 Å². The van der Waals surface area contributed by atoms with Crippen LogP contribution in [0, 0.1) is 0 Å². The van der Waals surface area contributed by atoms with Gasteiger partial charge < -0.3 is 0 Å². The Labute approximate surface area is 117 Å². The summed E-state index contributed by atoms with van der Waals surface area (Å²) in [6.07, 6.45) is -2.29. The van der Waals surface area contributed by atoms with Gasteiger partial charge >= 0.3 is 6.18 Å². The Morgan fingerprint density at radius 3 is 2.26 bits per heavy atom. The molecule has 2 rings (SSSR count). The number of hydrogen-bond donors (Lipinski definition) is 1. The molecule has 0 spiro atoms. The molecule has 0 saturated heterocycles. The molecule has 2 nitrogen and oxygen atoms in total. The monoisotopic (exact) mass is 308 g/mol. The van der Waals surface area contributed by atoms with Gasteiger partial charge in [-0.3, -0.25) is 5.10 Å². The topological polar surface area (TPSA) is 28.7 Å². The molecule has 0 amide bonds. The van der Waals surface area contributed by atoms with Crippen LogP contribution in [0.2, 0.25) is 10.0 Å². The SMILES string of the molecule is CCc1n[nH]cc1-c1c(Cl)cc(C(F)(F)F)cc1Cl. The number of aromatic amines is 1. The lowest BCUT2D eigenvalue weighted by Crippen LogP contribution is -2.05. The second kappa shape index (κ2) is 5.06. The van der Waals surface area contributed by atoms with Gasteiger partial charge in [0.05, 0.1) is 21.3 Å². The van der Waals surface area contributed by atoms with Crippen molar-refractivity contribution in [3.05, 3.63) is 39.6 Å². The number of aromatic nitrogens is 2. The minimum absolute atomic E-state index is 0.0454. The van der Waals surface area contributed by atoms with Gasteiger partial charge in [0.25, 0.3) is 0 Å². The molecule has 0 aliphatic carbocycles. The van der Waals surface area contributed by atoms with Crippen molar-refractivity contribution in [2.24, 2.45) is 0 Å². The summed E-state index contributed by atoms with van der Waals surface area (Å²) < 4.78 is 37.9. The summed E-state index contributed by atoms with van der Waals surface area (Å²) in [7, 11) is 0. The molecule has 0 bridgehead atoms. The average molecular weight is 309 g/mol. The molecule has 0 atom stereocenters. The zero-order valence-electron chi connectivity index (χ0n) is 9.78. The quantitative estimate of drug-likeness (QED) is 0.834. The number of halogens is 5. The van der Waals surface area contributed by atoms with Crippen molar-refractivity contribution in [1.82, 2.24) is 10.2 Å². The van der Waals surface area contributed by atoms with Crippen LogP contribution >= 0.6 is 23.2 Å². The molecule has 19 heavy (non-hydrogen) atoms. The Morgan fingerprint density at radius 1 is 1.21 bits per heavy atom. The molecule has 0 unspecified atom stereocenters. The van der Waals surface area contributed by atoms with Crippen molar-refractivity contribution in [2.45, 2.75) is 19.5 Å². The van der Waals surface area contributed by atoms with Crippen LogP contribution < -0.4 is 0 Å². The number of benzene rings is 1. The minimum Gasteiger partial charge on any atom is -0.285 e. The number of hydrogen-bond acceptors (Lipinski definition) is 1. The molecule has 102 valence electrons. The molecule has 0 fully saturated rings. The van der Waals surface area contributed by atoms with Crippen LogP contribution in [0.15, 0.2) is 18.3 Å². The average Bonchev–Trinajstić information content (AvgIpc) is 2.75. The minimum atomic E-state index is -4.48. The van der Waals surface area contributed by atoms with Crippen LogP contribution in [0.4, 0.5) is 13.2 Å². The molecule has 0 aliphatic rings. The van der Waals surface area contributed by atoms with Gasteiger partial charge in [0.2, 0.25) is 0 Å². The van der Waals surface area contributed by atoms with Crippen molar-refractivity contribution < 1.29 is 13.2 Å². The summed E-state index contributed by atoms with van der Waals surface area (Å²) in [6, 6.07) is 1.74. The van der Waals surface area contributed by atoms with Gasteiger partial charge in [-0.2, -0.15) is 18.3 Å². The summed E-state index contributed by atoms with van der Waals surface area (Å²) in [5.74, 6) is 0. The fraction of sp³-hybridized carbons (Fsp3) is 0.250. The van der Waals surface area contributed by atoms with E-state index in [2.05, 4.69) is 10.2 Å². The number of nitrogens with one attached hydrogen (secondary N) is 1. The fourth-order valence-corrected chi connectivity index (χ4v) is 2.49. The van der Waals surface area contributed by atoms with Gasteiger partial charge in [-0.1, -0.05) is 30.1 Å². The summed E-state index contributed by atoms with van der Waals surface area (Å²) in [6.45, 7) is 1.88. The Morgan fingerprint density at radius 2 is 1.79 bits per heavy atom. The number of H-pyrrole nitrogens is 1. The highest BCUT2D eigenvalue weighted by Gasteiger charge is 2.32. The first kappa shape index (κ1) is 14.2. The third-order valence-corrected chi connectivity index (χ3v) is 3.29. The highest BCUT2D eigenvalue weighted by Crippen LogP contribution is 2.41. The van der Waals surface area contributed by atoms with Crippen molar-refractivity contribution in [3.63, 3.8) is 0 Å². The van der Waals surface area contributed by atoms with Crippen LogP contribution in [0.1, 0.15) is 18.2 Å². The smallest absolute Gasteiger partial charge is 0.285 e. The zero-order valence-corrected chi connectivity index (χ0v) is 11.3. The summed E-state index contributed by atoms with van der Waals surface area (Å²) in [5.41, 5.74) is 0.810. The van der Waals surface area contributed by atoms with E-state index in [4.69, 9.17) is 23.2 Å². The number of aryl methyl sites for hydroxylation is 1. The second-order valence-corrected chi connectivity index (χ2v) is 4.73. The largest absolute Gasteiger partial charge is 0.416 e. The molecule has 1 N–H and O–H groups in total. The van der Waals surface area contributed by atoms with E-state index in [1.54, 1.807) is 6.20 Å². The maximum absolute atomic E-state index is 12.6. The highest BCUT2D eigenvalue weighted by molar-refractivity contribution is 6.39. The molecule has 0 saturated carbocycles. The summed E-state index contributed by atoms with van der Waals surface area (Å²) in [4.78, 5) is 0. The van der Waals surface area contributed by atoms with Crippen molar-refractivity contribution >= 4 is 23.2 Å². The number of rotatable bonds is 2. The zero-order chi connectivity index (χ0) is 14.2. The molecule has 7 heteroatoms. The first-order valence-corrected chi connectivity index (χ1v) is 6.19. The summed E-state index contributed by atoms with van der Waals surface area (Å²) >= 11 is 11.9. The van der Waals surface area contributed by atoms with E-state index in [-0.39, 0.29) is 10.0 Å². The number of alkyl halides is 3. The molecule has 0 radical (unpaired) electrons. The van der Waals surface area contributed by atoms with Crippen LogP contribution in [0.25, 0.3) is 11.1 Å². The van der Waals surface area contributed by atoms with Crippen LogP contribution in [0.5, 0.6) is 0 Å². The predicted molar refractivity (Wildman–Crippen MR) is 68.4 cm³/mol. The van der Waals surface area contributed by atoms with E-state index in [1.165, 1.54) is 0 Å². The van der Waals surface area contributed by atoms with Gasteiger partial charge in [0.1, 0.15) is 0 Å². The molecular weight excluding hydrogens is 300 g/mol. The molecule has 1 aromatic carbocycles. The molecule has 2 aromatic rings. The van der Waals surface area contributed by atoms with E-state index in [1.807, 2.05) is 6.92 Å². The van der Waals surface area contributed by atoms with E-state index >= 15 is 0 Å². The van der Waals surface area contributed by atoms with Gasteiger partial charge in [0, 0.05) is 17.3 Å². The maximum Gasteiger partial charge on any atom is 0.416 e. The molecular formula is C12H9Cl2F3N2. The Balaban J connectivity index is 2.61. The Bertz CT molecular complexity index is 582. The highest BCUT2D eigenvalue weighted by atomic mass is 35.5. The molecule has 0 aliphatic heterocycles. The van der Waals surface area contributed by atoms with E-state index in [0.29, 0.717) is 23.2 Å². The maximum atomic E-state index is 12.6. The van der Waals surface area contributed by atoms with Gasteiger partial charge in [0.15, 0.2) is 0 Å². The lowest BCUT2D eigenvalue weighted by Gasteiger charge is -2.12. The number of nitrogens with zero attached hydrogens (tertiary/aromatic N) is 1. The van der Waals surface area contributed by atoms with Crippen LogP contribution in [0.3, 0.4) is 0 Å². The first-order chi connectivity index (χ1) is 8.84. The van der Waals surface area contributed by atoms with E-state index in [0.717, 1.165) is 12.1 Å². The van der Waals surface area contributed by atoms with Gasteiger partial charge in [-0.25, -0.2) is 0 Å². The third kappa shape index (κ3) is 2.72. The van der Waals surface area contributed by atoms with Crippen molar-refractivity contribution in [3.8, 4) is 11.1 Å². The normalized spacial score (nSPS) is 11.9.